The van der Waals surface area contributed by atoms with E-state index in [-0.39, 0.29) is 5.56 Å². The van der Waals surface area contributed by atoms with Crippen LogP contribution in [0.15, 0.2) is 48.5 Å². The molecule has 0 unspecified atom stereocenters. The predicted octanol–water partition coefficient (Wildman–Crippen LogP) is 8.34. The Morgan fingerprint density at radius 2 is 1.46 bits per heavy atom. The largest absolute Gasteiger partial charge is 0.423 e. The van der Waals surface area contributed by atoms with E-state index in [4.69, 9.17) is 4.74 Å². The van der Waals surface area contributed by atoms with E-state index in [1.807, 2.05) is 12.1 Å². The van der Waals surface area contributed by atoms with Gasteiger partial charge in [0.25, 0.3) is 0 Å². The van der Waals surface area contributed by atoms with Gasteiger partial charge in [0.15, 0.2) is 29.1 Å². The molecular formula is C28H25F5O2. The molecule has 7 heteroatoms. The van der Waals surface area contributed by atoms with Crippen LogP contribution < -0.4 is 4.74 Å². The Balaban J connectivity index is 1.49. The quantitative estimate of drug-likeness (QED) is 0.151. The lowest BCUT2D eigenvalue weighted by molar-refractivity contribution is 0.0727. The zero-order valence-electron chi connectivity index (χ0n) is 19.2. The lowest BCUT2D eigenvalue weighted by Crippen LogP contribution is -2.13. The van der Waals surface area contributed by atoms with Gasteiger partial charge < -0.3 is 4.74 Å². The summed E-state index contributed by atoms with van der Waals surface area (Å²) in [4.78, 5) is 12.3. The van der Waals surface area contributed by atoms with Crippen LogP contribution >= 0.6 is 0 Å². The van der Waals surface area contributed by atoms with Gasteiger partial charge in [0.2, 0.25) is 0 Å². The van der Waals surface area contributed by atoms with Crippen molar-refractivity contribution in [2.24, 2.45) is 5.92 Å². The summed E-state index contributed by atoms with van der Waals surface area (Å²) in [5.74, 6) is -8.38. The van der Waals surface area contributed by atoms with Gasteiger partial charge in [-0.25, -0.2) is 26.7 Å². The molecule has 184 valence electrons. The zero-order valence-corrected chi connectivity index (χ0v) is 19.2. The summed E-state index contributed by atoms with van der Waals surface area (Å²) in [6.45, 7) is 2.20. The van der Waals surface area contributed by atoms with Crippen LogP contribution in [0.2, 0.25) is 0 Å². The van der Waals surface area contributed by atoms with Gasteiger partial charge in [-0.1, -0.05) is 50.1 Å². The monoisotopic (exact) mass is 488 g/mol. The molecule has 0 aromatic heterocycles. The molecule has 0 spiro atoms. The van der Waals surface area contributed by atoms with Crippen LogP contribution in [0.5, 0.6) is 5.75 Å². The first-order valence-electron chi connectivity index (χ1n) is 11.7. The number of benzene rings is 3. The molecule has 0 saturated heterocycles. The van der Waals surface area contributed by atoms with Crippen LogP contribution in [0.4, 0.5) is 22.0 Å². The Hall–Kier alpha value is -3.22. The van der Waals surface area contributed by atoms with Gasteiger partial charge in [-0.15, -0.1) is 0 Å². The number of carbonyl (C=O) groups is 1. The molecule has 0 N–H and O–H groups in total. The third kappa shape index (κ3) is 5.39. The van der Waals surface area contributed by atoms with E-state index in [9.17, 15) is 26.7 Å². The summed E-state index contributed by atoms with van der Waals surface area (Å²) < 4.78 is 74.0. The standard InChI is InChI=1S/C28H25F5O2/c1-2-3-16-4-6-17(7-5-16)18-8-10-19(11-9-18)21-12-13-22(26(32)25(21)31)28(34)35-20-14-23(29)27(33)24(30)15-20/h8-17H,2-7H2,1H3. The summed E-state index contributed by atoms with van der Waals surface area (Å²) in [6, 6.07) is 10.5. The fourth-order valence-corrected chi connectivity index (χ4v) is 4.81. The van der Waals surface area contributed by atoms with Crippen LogP contribution in [0, 0.1) is 35.0 Å². The second kappa shape index (κ2) is 10.6. The van der Waals surface area contributed by atoms with Gasteiger partial charge in [-0.3, -0.25) is 0 Å². The van der Waals surface area contributed by atoms with Crippen molar-refractivity contribution in [3.8, 4) is 16.9 Å². The SMILES string of the molecule is CCCC1CCC(c2ccc(-c3ccc(C(=O)Oc4cc(F)c(F)c(F)c4)c(F)c3F)cc2)CC1. The van der Waals surface area contributed by atoms with Crippen LogP contribution in [0.25, 0.3) is 11.1 Å². The zero-order chi connectivity index (χ0) is 25.1. The van der Waals surface area contributed by atoms with Crippen molar-refractivity contribution in [3.63, 3.8) is 0 Å². The van der Waals surface area contributed by atoms with E-state index in [0.717, 1.165) is 24.8 Å². The number of halogens is 5. The molecule has 1 fully saturated rings. The molecular weight excluding hydrogens is 463 g/mol. The number of ether oxygens (including phenoxy) is 1. The Morgan fingerprint density at radius 1 is 0.829 bits per heavy atom. The lowest BCUT2D eigenvalue weighted by Gasteiger charge is -2.28. The molecule has 2 nitrogen and oxygen atoms in total. The molecule has 35 heavy (non-hydrogen) atoms. The van der Waals surface area contributed by atoms with Crippen molar-refractivity contribution in [3.05, 3.63) is 88.7 Å². The highest BCUT2D eigenvalue weighted by Crippen LogP contribution is 2.38. The molecule has 0 radical (unpaired) electrons. The fraction of sp³-hybridized carbons (Fsp3) is 0.321. The fourth-order valence-electron chi connectivity index (χ4n) is 4.81. The van der Waals surface area contributed by atoms with Crippen molar-refractivity contribution in [2.75, 3.05) is 0 Å². The second-order valence-corrected chi connectivity index (χ2v) is 9.01. The van der Waals surface area contributed by atoms with Crippen molar-refractivity contribution < 1.29 is 31.5 Å². The van der Waals surface area contributed by atoms with Crippen molar-refractivity contribution in [1.29, 1.82) is 0 Å². The van der Waals surface area contributed by atoms with Gasteiger partial charge >= 0.3 is 5.97 Å². The van der Waals surface area contributed by atoms with Crippen LogP contribution in [0.3, 0.4) is 0 Å². The Bertz CT molecular complexity index is 1190. The van der Waals surface area contributed by atoms with Gasteiger partial charge in [-0.05, 0) is 54.7 Å². The molecule has 0 amide bonds. The summed E-state index contributed by atoms with van der Waals surface area (Å²) >= 11 is 0. The first kappa shape index (κ1) is 24.9. The van der Waals surface area contributed by atoms with E-state index in [1.165, 1.54) is 37.3 Å². The third-order valence-electron chi connectivity index (χ3n) is 6.71. The molecule has 3 aromatic carbocycles. The van der Waals surface area contributed by atoms with E-state index in [1.54, 1.807) is 12.1 Å². The van der Waals surface area contributed by atoms with E-state index in [2.05, 4.69) is 6.92 Å². The van der Waals surface area contributed by atoms with E-state index >= 15 is 0 Å². The molecule has 0 atom stereocenters. The highest BCUT2D eigenvalue weighted by molar-refractivity contribution is 5.92. The molecule has 0 heterocycles. The lowest BCUT2D eigenvalue weighted by atomic mass is 9.77. The van der Waals surface area contributed by atoms with Crippen molar-refractivity contribution >= 4 is 5.97 Å². The van der Waals surface area contributed by atoms with Crippen LogP contribution in [-0.4, -0.2) is 5.97 Å². The van der Waals surface area contributed by atoms with E-state index in [0.29, 0.717) is 23.6 Å². The minimum absolute atomic E-state index is 0.0314. The molecule has 4 rings (SSSR count). The number of hydrogen-bond acceptors (Lipinski definition) is 2. The minimum atomic E-state index is -1.73. The maximum atomic E-state index is 14.8. The minimum Gasteiger partial charge on any atom is -0.423 e. The van der Waals surface area contributed by atoms with Crippen LogP contribution in [-0.2, 0) is 0 Å². The van der Waals surface area contributed by atoms with Gasteiger partial charge in [0.05, 0.1) is 5.56 Å². The van der Waals surface area contributed by atoms with Gasteiger partial charge in [0, 0.05) is 17.7 Å². The highest BCUT2D eigenvalue weighted by atomic mass is 19.2. The Labute approximate surface area is 200 Å². The number of carbonyl (C=O) groups excluding carboxylic acids is 1. The number of rotatable bonds is 6. The van der Waals surface area contributed by atoms with E-state index < -0.39 is 46.4 Å². The predicted molar refractivity (Wildman–Crippen MR) is 123 cm³/mol. The smallest absolute Gasteiger partial charge is 0.346 e. The van der Waals surface area contributed by atoms with Crippen molar-refractivity contribution in [1.82, 2.24) is 0 Å². The Kier molecular flexibility index (Phi) is 7.53. The first-order chi connectivity index (χ1) is 16.8. The van der Waals surface area contributed by atoms with Crippen LogP contribution in [0.1, 0.15) is 67.3 Å². The molecule has 0 bridgehead atoms. The third-order valence-corrected chi connectivity index (χ3v) is 6.71. The first-order valence-corrected chi connectivity index (χ1v) is 11.7. The molecule has 1 aliphatic rings. The summed E-state index contributed by atoms with van der Waals surface area (Å²) in [5.41, 5.74) is 0.837. The summed E-state index contributed by atoms with van der Waals surface area (Å²) in [5, 5.41) is 0. The number of esters is 1. The normalized spacial score (nSPS) is 17.9. The highest BCUT2D eigenvalue weighted by Gasteiger charge is 2.24. The Morgan fingerprint density at radius 3 is 2.06 bits per heavy atom. The summed E-state index contributed by atoms with van der Waals surface area (Å²) in [7, 11) is 0. The number of hydrogen-bond donors (Lipinski definition) is 0. The second-order valence-electron chi connectivity index (χ2n) is 9.01. The molecule has 0 aliphatic heterocycles. The average molecular weight is 488 g/mol. The molecule has 1 aliphatic carbocycles. The molecule has 1 saturated carbocycles. The van der Waals surface area contributed by atoms with Gasteiger partial charge in [-0.2, -0.15) is 0 Å². The van der Waals surface area contributed by atoms with Gasteiger partial charge in [0.1, 0.15) is 5.75 Å². The van der Waals surface area contributed by atoms with Crippen molar-refractivity contribution in [2.45, 2.75) is 51.4 Å². The maximum absolute atomic E-state index is 14.8. The molecule has 3 aromatic rings. The summed E-state index contributed by atoms with van der Waals surface area (Å²) in [6.07, 6.45) is 7.10. The maximum Gasteiger partial charge on any atom is 0.346 e. The average Bonchev–Trinajstić information content (AvgIpc) is 2.85. The topological polar surface area (TPSA) is 26.3 Å².